The fourth-order valence-electron chi connectivity index (χ4n) is 2.68. The molecular weight excluding hydrogens is 366 g/mol. The van der Waals surface area contributed by atoms with Gasteiger partial charge in [0.15, 0.2) is 5.13 Å². The van der Waals surface area contributed by atoms with E-state index in [-0.39, 0.29) is 11.4 Å². The molecule has 27 heavy (non-hydrogen) atoms. The summed E-state index contributed by atoms with van der Waals surface area (Å²) in [7, 11) is 0. The van der Waals surface area contributed by atoms with Crippen molar-refractivity contribution in [2.45, 2.75) is 6.92 Å². The number of thiazole rings is 1. The molecule has 0 aliphatic heterocycles. The third kappa shape index (κ3) is 3.04. The van der Waals surface area contributed by atoms with Gasteiger partial charge in [0, 0.05) is 23.1 Å². The molecule has 0 aliphatic rings. The molecular formula is C18H13N5O3S. The van der Waals surface area contributed by atoms with Gasteiger partial charge in [-0.25, -0.2) is 14.3 Å². The normalized spacial score (nSPS) is 10.9. The molecule has 4 aromatic rings. The van der Waals surface area contributed by atoms with Crippen molar-refractivity contribution in [3.05, 3.63) is 86.4 Å². The molecule has 8 nitrogen and oxygen atoms in total. The number of benzene rings is 2. The molecule has 0 atom stereocenters. The van der Waals surface area contributed by atoms with Gasteiger partial charge in [-0.2, -0.15) is 4.68 Å². The summed E-state index contributed by atoms with van der Waals surface area (Å²) in [4.78, 5) is 27.7. The van der Waals surface area contributed by atoms with Crippen LogP contribution in [0, 0.1) is 17.0 Å². The van der Waals surface area contributed by atoms with Crippen LogP contribution in [0.25, 0.3) is 22.1 Å². The lowest BCUT2D eigenvalue weighted by atomic mass is 10.1. The highest BCUT2D eigenvalue weighted by Crippen LogP contribution is 2.25. The Morgan fingerprint density at radius 1 is 1.07 bits per heavy atom. The van der Waals surface area contributed by atoms with Gasteiger partial charge in [-0.15, -0.1) is 16.4 Å². The third-order valence-corrected chi connectivity index (χ3v) is 4.82. The molecule has 0 aliphatic carbocycles. The number of hydrogen-bond acceptors (Lipinski definition) is 6. The van der Waals surface area contributed by atoms with E-state index in [0.717, 1.165) is 5.56 Å². The van der Waals surface area contributed by atoms with Gasteiger partial charge in [0.2, 0.25) is 0 Å². The zero-order valence-corrected chi connectivity index (χ0v) is 15.0. The van der Waals surface area contributed by atoms with Crippen molar-refractivity contribution < 1.29 is 4.92 Å². The Kier molecular flexibility index (Phi) is 4.13. The van der Waals surface area contributed by atoms with Crippen LogP contribution >= 0.6 is 11.3 Å². The summed E-state index contributed by atoms with van der Waals surface area (Å²) in [6.45, 7) is 1.74. The molecule has 0 saturated carbocycles. The smallest absolute Gasteiger partial charge is 0.258 e. The highest BCUT2D eigenvalue weighted by atomic mass is 32.1. The van der Waals surface area contributed by atoms with E-state index in [2.05, 4.69) is 10.1 Å². The van der Waals surface area contributed by atoms with E-state index < -0.39 is 4.92 Å². The summed E-state index contributed by atoms with van der Waals surface area (Å²) in [6, 6.07) is 15.3. The lowest BCUT2D eigenvalue weighted by Crippen LogP contribution is -2.22. The zero-order valence-electron chi connectivity index (χ0n) is 14.1. The van der Waals surface area contributed by atoms with Crippen molar-refractivity contribution in [3.8, 4) is 22.1 Å². The van der Waals surface area contributed by atoms with Crippen LogP contribution in [0.1, 0.15) is 5.82 Å². The first kappa shape index (κ1) is 16.9. The molecule has 134 valence electrons. The Bertz CT molecular complexity index is 1180. The minimum atomic E-state index is -0.447. The van der Waals surface area contributed by atoms with Crippen LogP contribution < -0.4 is 5.69 Å². The maximum atomic E-state index is 12.8. The number of aromatic nitrogens is 4. The third-order valence-electron chi connectivity index (χ3n) is 4.00. The molecule has 0 radical (unpaired) electrons. The molecule has 0 saturated heterocycles. The second kappa shape index (κ2) is 6.61. The van der Waals surface area contributed by atoms with E-state index in [4.69, 9.17) is 0 Å². The molecule has 0 spiro atoms. The van der Waals surface area contributed by atoms with E-state index in [1.807, 2.05) is 35.7 Å². The number of nitrogens with zero attached hydrogens (tertiary/aromatic N) is 5. The van der Waals surface area contributed by atoms with Crippen LogP contribution in [0.2, 0.25) is 0 Å². The Morgan fingerprint density at radius 2 is 1.78 bits per heavy atom. The van der Waals surface area contributed by atoms with Crippen molar-refractivity contribution in [1.29, 1.82) is 0 Å². The van der Waals surface area contributed by atoms with E-state index in [9.17, 15) is 14.9 Å². The monoisotopic (exact) mass is 379 g/mol. The van der Waals surface area contributed by atoms with Gasteiger partial charge >= 0.3 is 5.69 Å². The molecule has 9 heteroatoms. The molecule has 2 heterocycles. The maximum absolute atomic E-state index is 12.8. The van der Waals surface area contributed by atoms with Crippen molar-refractivity contribution in [2.75, 3.05) is 0 Å². The molecule has 0 amide bonds. The molecule has 0 N–H and O–H groups in total. The van der Waals surface area contributed by atoms with Gasteiger partial charge in [0.1, 0.15) is 5.82 Å². The Morgan fingerprint density at radius 3 is 2.44 bits per heavy atom. The average Bonchev–Trinajstić information content (AvgIpc) is 3.27. The Labute approximate surface area is 157 Å². The predicted molar refractivity (Wildman–Crippen MR) is 102 cm³/mol. The lowest BCUT2D eigenvalue weighted by molar-refractivity contribution is -0.384. The van der Waals surface area contributed by atoms with E-state index >= 15 is 0 Å². The quantitative estimate of drug-likeness (QED) is 0.400. The predicted octanol–water partition coefficient (Wildman–Crippen LogP) is 3.36. The molecule has 4 rings (SSSR count). The number of hydrogen-bond donors (Lipinski definition) is 0. The van der Waals surface area contributed by atoms with Gasteiger partial charge < -0.3 is 0 Å². The highest BCUT2D eigenvalue weighted by Gasteiger charge is 2.16. The summed E-state index contributed by atoms with van der Waals surface area (Å²) < 4.78 is 2.79. The molecule has 2 aromatic carbocycles. The summed E-state index contributed by atoms with van der Waals surface area (Å²) in [5.74, 6) is 0.522. The highest BCUT2D eigenvalue weighted by molar-refractivity contribution is 7.12. The Balaban J connectivity index is 1.73. The van der Waals surface area contributed by atoms with Crippen molar-refractivity contribution >= 4 is 17.0 Å². The number of para-hydroxylation sites is 1. The number of aryl methyl sites for hydroxylation is 1. The average molecular weight is 379 g/mol. The lowest BCUT2D eigenvalue weighted by Gasteiger charge is -1.98. The van der Waals surface area contributed by atoms with Gasteiger partial charge in [-0.3, -0.25) is 10.1 Å². The van der Waals surface area contributed by atoms with Gasteiger partial charge in [0.25, 0.3) is 5.69 Å². The van der Waals surface area contributed by atoms with Crippen molar-refractivity contribution in [3.63, 3.8) is 0 Å². The second-order valence-corrected chi connectivity index (χ2v) is 6.57. The first-order chi connectivity index (χ1) is 13.0. The molecule has 2 aromatic heterocycles. The van der Waals surface area contributed by atoms with Crippen molar-refractivity contribution in [1.82, 2.24) is 19.3 Å². The minimum absolute atomic E-state index is 0.0189. The second-order valence-electron chi connectivity index (χ2n) is 5.73. The van der Waals surface area contributed by atoms with Crippen LogP contribution in [0.15, 0.2) is 64.8 Å². The number of rotatable bonds is 4. The molecule has 0 fully saturated rings. The summed E-state index contributed by atoms with van der Waals surface area (Å²) >= 11 is 1.31. The number of nitro benzene ring substituents is 1. The van der Waals surface area contributed by atoms with Crippen molar-refractivity contribution in [2.24, 2.45) is 0 Å². The SMILES string of the molecule is Cc1nn(-c2ccccc2)c(=O)n1-c1nc(-c2ccc([N+](=O)[O-])cc2)cs1. The van der Waals surface area contributed by atoms with Gasteiger partial charge in [-0.05, 0) is 31.2 Å². The summed E-state index contributed by atoms with van der Waals surface area (Å²) in [5, 5.41) is 17.4. The van der Waals surface area contributed by atoms with Crippen LogP contribution in [-0.2, 0) is 0 Å². The zero-order chi connectivity index (χ0) is 19.0. The summed E-state index contributed by atoms with van der Waals surface area (Å²) in [6.07, 6.45) is 0. The topological polar surface area (TPSA) is 95.8 Å². The fourth-order valence-corrected chi connectivity index (χ4v) is 3.55. The first-order valence-electron chi connectivity index (χ1n) is 7.99. The van der Waals surface area contributed by atoms with Crippen LogP contribution in [-0.4, -0.2) is 24.3 Å². The van der Waals surface area contributed by atoms with Crippen LogP contribution in [0.4, 0.5) is 5.69 Å². The van der Waals surface area contributed by atoms with E-state index in [0.29, 0.717) is 22.3 Å². The standard InChI is InChI=1S/C18H13N5O3S/c1-12-20-22(14-5-3-2-4-6-14)18(24)21(12)17-19-16(11-27-17)13-7-9-15(10-8-13)23(25)26/h2-11H,1H3. The van der Waals surface area contributed by atoms with E-state index in [1.54, 1.807) is 19.1 Å². The Hall–Kier alpha value is -3.59. The van der Waals surface area contributed by atoms with Crippen LogP contribution in [0.5, 0.6) is 0 Å². The van der Waals surface area contributed by atoms with Gasteiger partial charge in [0.05, 0.1) is 16.3 Å². The molecule has 0 bridgehead atoms. The number of non-ortho nitro benzene ring substituents is 1. The molecule has 0 unspecified atom stereocenters. The maximum Gasteiger partial charge on any atom is 0.357 e. The van der Waals surface area contributed by atoms with E-state index in [1.165, 1.54) is 32.7 Å². The van der Waals surface area contributed by atoms with Gasteiger partial charge in [-0.1, -0.05) is 18.2 Å². The van der Waals surface area contributed by atoms with Crippen LogP contribution in [0.3, 0.4) is 0 Å². The first-order valence-corrected chi connectivity index (χ1v) is 8.87. The fraction of sp³-hybridized carbons (Fsp3) is 0.0556. The summed E-state index contributed by atoms with van der Waals surface area (Å²) in [5.41, 5.74) is 1.78. The largest absolute Gasteiger partial charge is 0.357 e. The number of nitro groups is 1. The minimum Gasteiger partial charge on any atom is -0.258 e.